The Kier molecular flexibility index (Phi) is 4.42. The Morgan fingerprint density at radius 3 is 2.63 bits per heavy atom. The fourth-order valence-electron chi connectivity index (χ4n) is 4.06. The van der Waals surface area contributed by atoms with Crippen LogP contribution in [0.1, 0.15) is 29.5 Å². The molecule has 6 rings (SSSR count). The molecule has 1 saturated carbocycles. The molecule has 4 heterocycles. The molecule has 4 aromatic rings. The van der Waals surface area contributed by atoms with Gasteiger partial charge in [-0.1, -0.05) is 12.1 Å². The van der Waals surface area contributed by atoms with E-state index in [9.17, 15) is 0 Å². The summed E-state index contributed by atoms with van der Waals surface area (Å²) < 4.78 is 1.26. The normalized spacial score (nSPS) is 17.7. The average Bonchev–Trinajstić information content (AvgIpc) is 3.33. The molecule has 0 amide bonds. The van der Waals surface area contributed by atoms with Gasteiger partial charge in [-0.05, 0) is 42.3 Å². The van der Waals surface area contributed by atoms with E-state index in [-0.39, 0.29) is 0 Å². The summed E-state index contributed by atoms with van der Waals surface area (Å²) in [6, 6.07) is 12.6. The van der Waals surface area contributed by atoms with Crippen molar-refractivity contribution in [2.75, 3.05) is 31.1 Å². The predicted octanol–water partition coefficient (Wildman–Crippen LogP) is 3.07. The van der Waals surface area contributed by atoms with Crippen LogP contribution in [-0.2, 0) is 6.54 Å². The predicted molar refractivity (Wildman–Crippen MR) is 116 cm³/mol. The van der Waals surface area contributed by atoms with Gasteiger partial charge in [0.05, 0.1) is 22.3 Å². The standard InChI is InChI=1S/C21H22N8S/c1-2-4-18-17(3-1)22-19(30-18)13-28-9-11-29(12-10-28)21-15(20-24-26-27-25-20)7-8-16(23-21)14-5-6-14/h1-4,7-8,14H,5-6,9-13H2,(H,24,25,26,27). The van der Waals surface area contributed by atoms with E-state index in [0.717, 1.165) is 49.6 Å². The average molecular weight is 419 g/mol. The number of benzene rings is 1. The number of thiazole rings is 1. The lowest BCUT2D eigenvalue weighted by atomic mass is 10.1. The van der Waals surface area contributed by atoms with Gasteiger partial charge in [0, 0.05) is 37.8 Å². The van der Waals surface area contributed by atoms with Crippen molar-refractivity contribution in [3.8, 4) is 11.4 Å². The fourth-order valence-corrected chi connectivity index (χ4v) is 5.07. The summed E-state index contributed by atoms with van der Waals surface area (Å²) in [5, 5.41) is 15.9. The van der Waals surface area contributed by atoms with Crippen LogP contribution in [0.15, 0.2) is 36.4 Å². The molecular weight excluding hydrogens is 396 g/mol. The summed E-state index contributed by atoms with van der Waals surface area (Å²) in [7, 11) is 0. The molecule has 8 nitrogen and oxygen atoms in total. The minimum Gasteiger partial charge on any atom is -0.353 e. The van der Waals surface area contributed by atoms with E-state index in [1.807, 2.05) is 0 Å². The number of rotatable bonds is 5. The highest BCUT2D eigenvalue weighted by Crippen LogP contribution is 2.41. The van der Waals surface area contributed by atoms with E-state index in [0.29, 0.717) is 11.7 Å². The number of aromatic nitrogens is 6. The third kappa shape index (κ3) is 3.44. The Bertz CT molecular complexity index is 1130. The summed E-state index contributed by atoms with van der Waals surface area (Å²) in [4.78, 5) is 14.7. The Hall–Kier alpha value is -2.91. The molecule has 30 heavy (non-hydrogen) atoms. The van der Waals surface area contributed by atoms with Crippen molar-refractivity contribution in [1.82, 2.24) is 35.5 Å². The van der Waals surface area contributed by atoms with Gasteiger partial charge in [-0.3, -0.25) is 4.90 Å². The third-order valence-corrected chi connectivity index (χ3v) is 6.87. The number of hydrogen-bond acceptors (Lipinski definition) is 8. The zero-order valence-corrected chi connectivity index (χ0v) is 17.3. The molecule has 0 radical (unpaired) electrons. The number of aromatic amines is 1. The smallest absolute Gasteiger partial charge is 0.208 e. The molecule has 2 aliphatic rings. The molecule has 1 aliphatic carbocycles. The van der Waals surface area contributed by atoms with Gasteiger partial charge in [0.15, 0.2) is 0 Å². The topological polar surface area (TPSA) is 86.7 Å². The van der Waals surface area contributed by atoms with Crippen molar-refractivity contribution < 1.29 is 0 Å². The minimum atomic E-state index is 0.608. The Morgan fingerprint density at radius 1 is 1.00 bits per heavy atom. The van der Waals surface area contributed by atoms with Crippen LogP contribution in [0.5, 0.6) is 0 Å². The first-order chi connectivity index (χ1) is 14.8. The van der Waals surface area contributed by atoms with Crippen LogP contribution < -0.4 is 4.90 Å². The first kappa shape index (κ1) is 17.9. The maximum atomic E-state index is 5.03. The maximum absolute atomic E-state index is 5.03. The Morgan fingerprint density at radius 2 is 1.87 bits per heavy atom. The molecule has 0 atom stereocenters. The summed E-state index contributed by atoms with van der Waals surface area (Å²) in [5.41, 5.74) is 3.24. The van der Waals surface area contributed by atoms with Gasteiger partial charge in [0.1, 0.15) is 10.8 Å². The van der Waals surface area contributed by atoms with Crippen molar-refractivity contribution in [3.63, 3.8) is 0 Å². The molecule has 0 unspecified atom stereocenters. The number of nitrogens with one attached hydrogen (secondary N) is 1. The van der Waals surface area contributed by atoms with Gasteiger partial charge in [0.25, 0.3) is 0 Å². The summed E-state index contributed by atoms with van der Waals surface area (Å²) >= 11 is 1.80. The van der Waals surface area contributed by atoms with Crippen LogP contribution in [0, 0.1) is 0 Å². The summed E-state index contributed by atoms with van der Waals surface area (Å²) in [6.07, 6.45) is 2.48. The van der Waals surface area contributed by atoms with Gasteiger partial charge in [-0.15, -0.1) is 21.5 Å². The molecular formula is C21H22N8S. The van der Waals surface area contributed by atoms with E-state index in [1.165, 1.54) is 28.2 Å². The van der Waals surface area contributed by atoms with Gasteiger partial charge >= 0.3 is 0 Å². The molecule has 2 fully saturated rings. The highest BCUT2D eigenvalue weighted by atomic mass is 32.1. The minimum absolute atomic E-state index is 0.608. The molecule has 1 saturated heterocycles. The lowest BCUT2D eigenvalue weighted by Gasteiger charge is -2.35. The molecule has 0 spiro atoms. The lowest BCUT2D eigenvalue weighted by Crippen LogP contribution is -2.46. The van der Waals surface area contributed by atoms with Crippen LogP contribution in [0.25, 0.3) is 21.6 Å². The maximum Gasteiger partial charge on any atom is 0.208 e. The largest absolute Gasteiger partial charge is 0.353 e. The fraction of sp³-hybridized carbons (Fsp3) is 0.381. The molecule has 1 N–H and O–H groups in total. The van der Waals surface area contributed by atoms with Crippen molar-refractivity contribution in [2.24, 2.45) is 0 Å². The number of nitrogens with zero attached hydrogens (tertiary/aromatic N) is 7. The second kappa shape index (κ2) is 7.41. The van der Waals surface area contributed by atoms with E-state index in [1.54, 1.807) is 11.3 Å². The number of piperazine rings is 1. The summed E-state index contributed by atoms with van der Waals surface area (Å²) in [6.45, 7) is 4.72. The number of tetrazole rings is 1. The van der Waals surface area contributed by atoms with E-state index >= 15 is 0 Å². The first-order valence-corrected chi connectivity index (χ1v) is 11.2. The van der Waals surface area contributed by atoms with Crippen molar-refractivity contribution in [1.29, 1.82) is 0 Å². The molecule has 1 aliphatic heterocycles. The molecule has 3 aromatic heterocycles. The van der Waals surface area contributed by atoms with Crippen LogP contribution >= 0.6 is 11.3 Å². The lowest BCUT2D eigenvalue weighted by molar-refractivity contribution is 0.249. The highest BCUT2D eigenvalue weighted by molar-refractivity contribution is 7.18. The first-order valence-electron chi connectivity index (χ1n) is 10.4. The van der Waals surface area contributed by atoms with Crippen molar-refractivity contribution >= 4 is 27.4 Å². The van der Waals surface area contributed by atoms with Gasteiger partial charge < -0.3 is 4.90 Å². The van der Waals surface area contributed by atoms with Gasteiger partial charge in [-0.25, -0.2) is 9.97 Å². The zero-order chi connectivity index (χ0) is 19.9. The van der Waals surface area contributed by atoms with E-state index < -0.39 is 0 Å². The summed E-state index contributed by atoms with van der Waals surface area (Å²) in [5.74, 6) is 2.21. The quantitative estimate of drug-likeness (QED) is 0.533. The zero-order valence-electron chi connectivity index (χ0n) is 16.5. The van der Waals surface area contributed by atoms with Crippen molar-refractivity contribution in [2.45, 2.75) is 25.3 Å². The monoisotopic (exact) mass is 418 g/mol. The van der Waals surface area contributed by atoms with Gasteiger partial charge in [-0.2, -0.15) is 5.21 Å². The SMILES string of the molecule is c1ccc2sc(CN3CCN(c4nc(C5CC5)ccc4-c4nn[nH]n4)CC3)nc2c1. The van der Waals surface area contributed by atoms with Crippen LogP contribution in [0.4, 0.5) is 5.82 Å². The highest BCUT2D eigenvalue weighted by Gasteiger charge is 2.28. The molecule has 1 aromatic carbocycles. The molecule has 9 heteroatoms. The number of fused-ring (bicyclic) bond motifs is 1. The number of hydrogen-bond donors (Lipinski definition) is 1. The van der Waals surface area contributed by atoms with Crippen LogP contribution in [-0.4, -0.2) is 61.7 Å². The number of anilines is 1. The second-order valence-electron chi connectivity index (χ2n) is 7.96. The number of pyridine rings is 1. The van der Waals surface area contributed by atoms with E-state index in [4.69, 9.17) is 9.97 Å². The van der Waals surface area contributed by atoms with Crippen LogP contribution in [0.2, 0.25) is 0 Å². The van der Waals surface area contributed by atoms with Crippen LogP contribution in [0.3, 0.4) is 0 Å². The second-order valence-corrected chi connectivity index (χ2v) is 9.07. The van der Waals surface area contributed by atoms with Crippen molar-refractivity contribution in [3.05, 3.63) is 47.1 Å². The van der Waals surface area contributed by atoms with E-state index in [2.05, 4.69) is 66.8 Å². The third-order valence-electron chi connectivity index (χ3n) is 5.85. The molecule has 152 valence electrons. The number of para-hydroxylation sites is 1. The Balaban J connectivity index is 1.20. The number of H-pyrrole nitrogens is 1. The Labute approximate surface area is 178 Å². The van der Waals surface area contributed by atoms with Gasteiger partial charge in [0.2, 0.25) is 5.82 Å². The molecule has 0 bridgehead atoms.